The van der Waals surface area contributed by atoms with Crippen molar-refractivity contribution in [3.63, 3.8) is 0 Å². The molecule has 1 atom stereocenters. The predicted molar refractivity (Wildman–Crippen MR) is 104 cm³/mol. The molecule has 0 spiro atoms. The van der Waals surface area contributed by atoms with Crippen LogP contribution in [0.5, 0.6) is 0 Å². The number of aliphatic carboxylic acids is 1. The van der Waals surface area contributed by atoms with Crippen LogP contribution in [-0.4, -0.2) is 29.6 Å². The SMILES string of the molecule is CC(C)c1ccc(C#C/C=C/C(c2ccsc2)N(C)CC(=O)O)cc1. The van der Waals surface area contributed by atoms with Crippen LogP contribution in [0.2, 0.25) is 0 Å². The molecule has 0 aliphatic heterocycles. The van der Waals surface area contributed by atoms with E-state index in [2.05, 4.69) is 37.8 Å². The largest absolute Gasteiger partial charge is 0.480 e. The minimum Gasteiger partial charge on any atom is -0.480 e. The molecule has 2 aromatic rings. The number of allylic oxidation sites excluding steroid dienone is 1. The molecule has 1 N–H and O–H groups in total. The average Bonchev–Trinajstić information content (AvgIpc) is 3.08. The molecular weight excluding hydrogens is 330 g/mol. The molecule has 1 aromatic heterocycles. The summed E-state index contributed by atoms with van der Waals surface area (Å²) in [6.45, 7) is 4.32. The number of hydrogen-bond donors (Lipinski definition) is 1. The molecule has 0 radical (unpaired) electrons. The van der Waals surface area contributed by atoms with Gasteiger partial charge in [0.1, 0.15) is 0 Å². The zero-order chi connectivity index (χ0) is 18.2. The lowest BCUT2D eigenvalue weighted by atomic mass is 10.0. The van der Waals surface area contributed by atoms with Crippen molar-refractivity contribution in [2.75, 3.05) is 13.6 Å². The summed E-state index contributed by atoms with van der Waals surface area (Å²) in [4.78, 5) is 12.8. The fraction of sp³-hybridized carbons (Fsp3) is 0.286. The van der Waals surface area contributed by atoms with Gasteiger partial charge in [0.05, 0.1) is 12.6 Å². The number of nitrogens with zero attached hydrogens (tertiary/aromatic N) is 1. The first-order chi connectivity index (χ1) is 12.0. The molecule has 1 aromatic carbocycles. The van der Waals surface area contributed by atoms with Crippen LogP contribution in [0, 0.1) is 11.8 Å². The standard InChI is InChI=1S/C21H23NO2S/c1-16(2)18-10-8-17(9-11-18)6-4-5-7-20(19-12-13-25-15-19)22(3)14-21(23)24/h5,7-13,15-16,20H,14H2,1-3H3,(H,23,24)/b7-5+. The summed E-state index contributed by atoms with van der Waals surface area (Å²) >= 11 is 1.60. The molecule has 0 saturated heterocycles. The quantitative estimate of drug-likeness (QED) is 0.775. The van der Waals surface area contributed by atoms with Gasteiger partial charge in [-0.1, -0.05) is 43.9 Å². The third kappa shape index (κ3) is 5.90. The van der Waals surface area contributed by atoms with Gasteiger partial charge in [0, 0.05) is 5.56 Å². The highest BCUT2D eigenvalue weighted by Gasteiger charge is 2.16. The van der Waals surface area contributed by atoms with Crippen LogP contribution in [0.4, 0.5) is 0 Å². The van der Waals surface area contributed by atoms with Crippen LogP contribution < -0.4 is 0 Å². The van der Waals surface area contributed by atoms with Gasteiger partial charge in [-0.2, -0.15) is 11.3 Å². The second kappa shape index (κ2) is 9.22. The Morgan fingerprint density at radius 1 is 1.24 bits per heavy atom. The zero-order valence-corrected chi connectivity index (χ0v) is 15.6. The molecule has 25 heavy (non-hydrogen) atoms. The van der Waals surface area contributed by atoms with Gasteiger partial charge < -0.3 is 5.11 Å². The lowest BCUT2D eigenvalue weighted by Gasteiger charge is -2.22. The van der Waals surface area contributed by atoms with E-state index in [1.54, 1.807) is 29.4 Å². The third-order valence-electron chi connectivity index (χ3n) is 3.90. The van der Waals surface area contributed by atoms with Crippen LogP contribution in [0.3, 0.4) is 0 Å². The Kier molecular flexibility index (Phi) is 7.00. The normalized spacial score (nSPS) is 12.4. The van der Waals surface area contributed by atoms with Crippen molar-refractivity contribution in [3.05, 3.63) is 69.9 Å². The predicted octanol–water partition coefficient (Wildman–Crippen LogP) is 4.54. The minimum atomic E-state index is -0.840. The maximum atomic E-state index is 11.0. The Labute approximate surface area is 153 Å². The average molecular weight is 353 g/mol. The highest BCUT2D eigenvalue weighted by molar-refractivity contribution is 7.08. The Hall–Kier alpha value is -2.35. The van der Waals surface area contributed by atoms with E-state index in [1.807, 2.05) is 35.0 Å². The van der Waals surface area contributed by atoms with E-state index in [9.17, 15) is 4.79 Å². The zero-order valence-electron chi connectivity index (χ0n) is 14.8. The van der Waals surface area contributed by atoms with Gasteiger partial charge in [-0.05, 0) is 59.1 Å². The number of hydrogen-bond acceptors (Lipinski definition) is 3. The maximum absolute atomic E-state index is 11.0. The summed E-state index contributed by atoms with van der Waals surface area (Å²) in [6, 6.07) is 10.2. The Bertz CT molecular complexity index is 764. The van der Waals surface area contributed by atoms with Crippen LogP contribution in [-0.2, 0) is 4.79 Å². The van der Waals surface area contributed by atoms with Crippen LogP contribution in [0.25, 0.3) is 0 Å². The van der Waals surface area contributed by atoms with E-state index < -0.39 is 5.97 Å². The van der Waals surface area contributed by atoms with Crippen molar-refractivity contribution in [1.29, 1.82) is 0 Å². The van der Waals surface area contributed by atoms with Crippen LogP contribution >= 0.6 is 11.3 Å². The summed E-state index contributed by atoms with van der Waals surface area (Å²) in [5.74, 6) is 5.84. The van der Waals surface area contributed by atoms with Crippen molar-refractivity contribution in [2.45, 2.75) is 25.8 Å². The molecule has 0 amide bonds. The van der Waals surface area contributed by atoms with E-state index in [0.717, 1.165) is 11.1 Å². The first kappa shape index (κ1) is 19.0. The molecule has 0 saturated carbocycles. The molecule has 2 rings (SSSR count). The van der Waals surface area contributed by atoms with Gasteiger partial charge >= 0.3 is 5.97 Å². The van der Waals surface area contributed by atoms with E-state index in [-0.39, 0.29) is 12.6 Å². The third-order valence-corrected chi connectivity index (χ3v) is 4.60. The second-order valence-electron chi connectivity index (χ2n) is 6.22. The lowest BCUT2D eigenvalue weighted by Crippen LogP contribution is -2.28. The molecule has 1 heterocycles. The van der Waals surface area contributed by atoms with Crippen LogP contribution in [0.1, 0.15) is 42.5 Å². The number of carboxylic acid groups (broad SMARTS) is 1. The van der Waals surface area contributed by atoms with Crippen molar-refractivity contribution in [2.24, 2.45) is 0 Å². The topological polar surface area (TPSA) is 40.5 Å². The molecule has 0 fully saturated rings. The summed E-state index contributed by atoms with van der Waals surface area (Å²) in [5, 5.41) is 13.0. The molecule has 4 heteroatoms. The molecule has 0 aliphatic carbocycles. The summed E-state index contributed by atoms with van der Waals surface area (Å²) in [5.41, 5.74) is 3.35. The van der Waals surface area contributed by atoms with E-state index >= 15 is 0 Å². The van der Waals surface area contributed by atoms with Crippen molar-refractivity contribution < 1.29 is 9.90 Å². The minimum absolute atomic E-state index is 0.0189. The molecule has 0 aliphatic rings. The molecule has 1 unspecified atom stereocenters. The number of likely N-dealkylation sites (N-methyl/N-ethyl adjacent to an activating group) is 1. The second-order valence-corrected chi connectivity index (χ2v) is 7.00. The smallest absolute Gasteiger partial charge is 0.317 e. The lowest BCUT2D eigenvalue weighted by molar-refractivity contribution is -0.138. The van der Waals surface area contributed by atoms with E-state index in [0.29, 0.717) is 5.92 Å². The van der Waals surface area contributed by atoms with Gasteiger partial charge in [-0.15, -0.1) is 0 Å². The number of thiophene rings is 1. The Morgan fingerprint density at radius 2 is 1.96 bits per heavy atom. The monoisotopic (exact) mass is 353 g/mol. The fourth-order valence-electron chi connectivity index (χ4n) is 2.48. The van der Waals surface area contributed by atoms with Gasteiger partial charge in [0.15, 0.2) is 0 Å². The number of rotatable bonds is 6. The van der Waals surface area contributed by atoms with Gasteiger partial charge in [-0.25, -0.2) is 0 Å². The molecular formula is C21H23NO2S. The first-order valence-electron chi connectivity index (χ1n) is 8.19. The molecule has 0 bridgehead atoms. The van der Waals surface area contributed by atoms with Crippen molar-refractivity contribution in [1.82, 2.24) is 4.90 Å². The van der Waals surface area contributed by atoms with Gasteiger partial charge in [-0.3, -0.25) is 9.69 Å². The van der Waals surface area contributed by atoms with Crippen LogP contribution in [0.15, 0.2) is 53.2 Å². The number of carboxylic acids is 1. The Morgan fingerprint density at radius 3 is 2.52 bits per heavy atom. The summed E-state index contributed by atoms with van der Waals surface area (Å²) < 4.78 is 0. The molecule has 3 nitrogen and oxygen atoms in total. The Balaban J connectivity index is 2.10. The summed E-state index contributed by atoms with van der Waals surface area (Å²) in [7, 11) is 1.80. The van der Waals surface area contributed by atoms with Crippen molar-refractivity contribution in [3.8, 4) is 11.8 Å². The highest BCUT2D eigenvalue weighted by Crippen LogP contribution is 2.23. The van der Waals surface area contributed by atoms with Gasteiger partial charge in [0.25, 0.3) is 0 Å². The number of carbonyl (C=O) groups is 1. The first-order valence-corrected chi connectivity index (χ1v) is 9.14. The summed E-state index contributed by atoms with van der Waals surface area (Å²) in [6.07, 6.45) is 3.75. The maximum Gasteiger partial charge on any atom is 0.317 e. The molecule has 130 valence electrons. The van der Waals surface area contributed by atoms with Gasteiger partial charge in [0.2, 0.25) is 0 Å². The fourth-order valence-corrected chi connectivity index (χ4v) is 3.17. The highest BCUT2D eigenvalue weighted by atomic mass is 32.1. The number of benzene rings is 1. The van der Waals surface area contributed by atoms with Crippen molar-refractivity contribution >= 4 is 17.3 Å². The van der Waals surface area contributed by atoms with E-state index in [1.165, 1.54) is 5.56 Å². The van der Waals surface area contributed by atoms with E-state index in [4.69, 9.17) is 5.11 Å².